The first-order valence-corrected chi connectivity index (χ1v) is 10.9. The molecule has 1 aromatic heterocycles. The zero-order valence-electron chi connectivity index (χ0n) is 14.6. The van der Waals surface area contributed by atoms with Crippen molar-refractivity contribution in [2.75, 3.05) is 0 Å². The molecular formula is C17H28N2O2Si. The van der Waals surface area contributed by atoms with Gasteiger partial charge in [-0.15, -0.1) is 0 Å². The predicted octanol–water partition coefficient (Wildman–Crippen LogP) is 4.26. The fraction of sp³-hybridized carbons (Fsp3) is 0.588. The van der Waals surface area contributed by atoms with Crippen LogP contribution in [0.1, 0.15) is 39.7 Å². The summed E-state index contributed by atoms with van der Waals surface area (Å²) < 4.78 is 8.09. The molecule has 0 amide bonds. The minimum absolute atomic E-state index is 0.0284. The van der Waals surface area contributed by atoms with Crippen LogP contribution < -0.4 is 5.69 Å². The van der Waals surface area contributed by atoms with E-state index in [4.69, 9.17) is 4.43 Å². The molecule has 1 N–H and O–H groups in total. The smallest absolute Gasteiger partial charge is 0.326 e. The lowest BCUT2D eigenvalue weighted by molar-refractivity contribution is 0.276. The van der Waals surface area contributed by atoms with Crippen LogP contribution in [0.4, 0.5) is 0 Å². The summed E-state index contributed by atoms with van der Waals surface area (Å²) in [6.45, 7) is 14.7. The average Bonchev–Trinajstić information content (AvgIpc) is 2.72. The van der Waals surface area contributed by atoms with Crippen LogP contribution in [0.5, 0.6) is 0 Å². The second-order valence-electron chi connectivity index (χ2n) is 7.48. The normalized spacial score (nSPS) is 13.0. The predicted molar refractivity (Wildman–Crippen MR) is 94.8 cm³/mol. The number of hydrogen-bond donors (Lipinski definition) is 1. The van der Waals surface area contributed by atoms with Crippen molar-refractivity contribution >= 4 is 19.4 Å². The van der Waals surface area contributed by atoms with Gasteiger partial charge in [0.25, 0.3) is 0 Å². The fourth-order valence-corrected chi connectivity index (χ4v) is 3.17. The van der Waals surface area contributed by atoms with Gasteiger partial charge in [-0.25, -0.2) is 4.79 Å². The summed E-state index contributed by atoms with van der Waals surface area (Å²) in [5.41, 5.74) is 2.97. The molecule has 22 heavy (non-hydrogen) atoms. The highest BCUT2D eigenvalue weighted by Crippen LogP contribution is 2.37. The van der Waals surface area contributed by atoms with Crippen molar-refractivity contribution in [1.82, 2.24) is 9.55 Å². The van der Waals surface area contributed by atoms with Gasteiger partial charge in [0.2, 0.25) is 0 Å². The Balaban J connectivity index is 2.26. The number of nitrogens with zero attached hydrogens (tertiary/aromatic N) is 1. The van der Waals surface area contributed by atoms with Crippen molar-refractivity contribution in [3.8, 4) is 0 Å². The van der Waals surface area contributed by atoms with Crippen LogP contribution in [0, 0.1) is 0 Å². The summed E-state index contributed by atoms with van der Waals surface area (Å²) in [5.74, 6) is 0. The van der Waals surface area contributed by atoms with E-state index >= 15 is 0 Å². The molecular weight excluding hydrogens is 292 g/mol. The molecule has 2 aromatic rings. The average molecular weight is 321 g/mol. The van der Waals surface area contributed by atoms with Gasteiger partial charge < -0.3 is 9.41 Å². The first kappa shape index (κ1) is 17.0. The summed E-state index contributed by atoms with van der Waals surface area (Å²) >= 11 is 0. The first-order chi connectivity index (χ1) is 10.2. The van der Waals surface area contributed by atoms with Crippen LogP contribution in [0.15, 0.2) is 23.0 Å². The molecule has 0 atom stereocenters. The number of imidazole rings is 1. The maximum atomic E-state index is 12.0. The number of fused-ring (bicyclic) bond motifs is 1. The number of nitrogens with one attached hydrogen (secondary N) is 1. The van der Waals surface area contributed by atoms with Crippen molar-refractivity contribution in [2.45, 2.75) is 65.4 Å². The molecule has 0 fully saturated rings. The number of rotatable bonds is 5. The lowest BCUT2D eigenvalue weighted by atomic mass is 10.2. The van der Waals surface area contributed by atoms with E-state index < -0.39 is 8.32 Å². The minimum atomic E-state index is -1.76. The Hall–Kier alpha value is -1.33. The standard InChI is InChI=1S/C17H28N2O2Si/c1-7-10-19-15-11-13(8-9-14(15)18-16(19)20)12-21-22(5,6)17(2,3)4/h8-9,11H,7,10,12H2,1-6H3,(H,18,20). The molecule has 0 unspecified atom stereocenters. The molecule has 0 saturated carbocycles. The van der Waals surface area contributed by atoms with Crippen LogP contribution in [-0.4, -0.2) is 17.9 Å². The summed E-state index contributed by atoms with van der Waals surface area (Å²) in [4.78, 5) is 14.9. The van der Waals surface area contributed by atoms with Gasteiger partial charge in [-0.1, -0.05) is 33.8 Å². The summed E-state index contributed by atoms with van der Waals surface area (Å²) in [6.07, 6.45) is 0.942. The molecule has 0 bridgehead atoms. The SMILES string of the molecule is CCCn1c(=O)[nH]c2ccc(CO[Si](C)(C)C(C)(C)C)cc21. The second-order valence-corrected chi connectivity index (χ2v) is 12.3. The third-order valence-corrected chi connectivity index (χ3v) is 9.17. The van der Waals surface area contributed by atoms with Gasteiger partial charge >= 0.3 is 5.69 Å². The third kappa shape index (κ3) is 3.36. The number of hydrogen-bond acceptors (Lipinski definition) is 2. The summed E-state index contributed by atoms with van der Waals surface area (Å²) in [6, 6.07) is 6.10. The number of aromatic nitrogens is 2. The molecule has 1 aromatic carbocycles. The molecule has 122 valence electrons. The zero-order valence-corrected chi connectivity index (χ0v) is 15.6. The van der Waals surface area contributed by atoms with Gasteiger partial charge in [-0.3, -0.25) is 4.57 Å². The first-order valence-electron chi connectivity index (χ1n) is 8.01. The zero-order chi connectivity index (χ0) is 16.5. The highest BCUT2D eigenvalue weighted by molar-refractivity contribution is 6.74. The second kappa shape index (κ2) is 6.05. The number of H-pyrrole nitrogens is 1. The van der Waals surface area contributed by atoms with Crippen LogP contribution in [-0.2, 0) is 17.6 Å². The highest BCUT2D eigenvalue weighted by Gasteiger charge is 2.37. The van der Waals surface area contributed by atoms with E-state index in [9.17, 15) is 4.79 Å². The monoisotopic (exact) mass is 320 g/mol. The van der Waals surface area contributed by atoms with Crippen molar-refractivity contribution in [3.05, 3.63) is 34.2 Å². The summed E-state index contributed by atoms with van der Waals surface area (Å²) in [7, 11) is -1.76. The van der Waals surface area contributed by atoms with Crippen LogP contribution in [0.2, 0.25) is 18.1 Å². The molecule has 0 aliphatic carbocycles. The lowest BCUT2D eigenvalue weighted by Crippen LogP contribution is -2.40. The van der Waals surface area contributed by atoms with E-state index in [1.165, 1.54) is 0 Å². The topological polar surface area (TPSA) is 47.0 Å². The Morgan fingerprint density at radius 3 is 2.55 bits per heavy atom. The molecule has 1 heterocycles. The number of benzene rings is 1. The molecule has 0 aliphatic rings. The molecule has 4 nitrogen and oxygen atoms in total. The van der Waals surface area contributed by atoms with Crippen molar-refractivity contribution < 1.29 is 4.43 Å². The number of aromatic amines is 1. The van der Waals surface area contributed by atoms with E-state index in [1.807, 2.05) is 16.7 Å². The van der Waals surface area contributed by atoms with Crippen molar-refractivity contribution in [2.24, 2.45) is 0 Å². The Kier molecular flexibility index (Phi) is 4.68. The third-order valence-electron chi connectivity index (χ3n) is 4.69. The van der Waals surface area contributed by atoms with E-state index in [0.29, 0.717) is 6.61 Å². The van der Waals surface area contributed by atoms with Gasteiger partial charge in [0.05, 0.1) is 17.6 Å². The molecule has 0 saturated heterocycles. The summed E-state index contributed by atoms with van der Waals surface area (Å²) in [5, 5.41) is 0.204. The lowest BCUT2D eigenvalue weighted by Gasteiger charge is -2.36. The Bertz CT molecular complexity index is 707. The van der Waals surface area contributed by atoms with Crippen LogP contribution in [0.25, 0.3) is 11.0 Å². The largest absolute Gasteiger partial charge is 0.413 e. The van der Waals surface area contributed by atoms with E-state index in [-0.39, 0.29) is 10.7 Å². The van der Waals surface area contributed by atoms with E-state index in [0.717, 1.165) is 29.6 Å². The minimum Gasteiger partial charge on any atom is -0.413 e. The van der Waals surface area contributed by atoms with E-state index in [2.05, 4.69) is 51.8 Å². The quantitative estimate of drug-likeness (QED) is 0.837. The Morgan fingerprint density at radius 1 is 1.27 bits per heavy atom. The van der Waals surface area contributed by atoms with Crippen molar-refractivity contribution in [1.29, 1.82) is 0 Å². The van der Waals surface area contributed by atoms with E-state index in [1.54, 1.807) is 0 Å². The molecule has 0 radical (unpaired) electrons. The van der Waals surface area contributed by atoms with Gasteiger partial charge in [0.1, 0.15) is 0 Å². The van der Waals surface area contributed by atoms with Crippen LogP contribution in [0.3, 0.4) is 0 Å². The molecule has 0 spiro atoms. The van der Waals surface area contributed by atoms with Gasteiger partial charge in [-0.05, 0) is 42.2 Å². The Morgan fingerprint density at radius 2 is 1.95 bits per heavy atom. The van der Waals surface area contributed by atoms with Crippen LogP contribution >= 0.6 is 0 Å². The number of aryl methyl sites for hydroxylation is 1. The maximum absolute atomic E-state index is 12.0. The van der Waals surface area contributed by atoms with Gasteiger partial charge in [0.15, 0.2) is 8.32 Å². The Labute approximate surface area is 133 Å². The van der Waals surface area contributed by atoms with Crippen molar-refractivity contribution in [3.63, 3.8) is 0 Å². The van der Waals surface area contributed by atoms with Gasteiger partial charge in [-0.2, -0.15) is 0 Å². The maximum Gasteiger partial charge on any atom is 0.326 e. The van der Waals surface area contributed by atoms with Gasteiger partial charge in [0, 0.05) is 6.54 Å². The molecule has 0 aliphatic heterocycles. The molecule has 5 heteroatoms. The highest BCUT2D eigenvalue weighted by atomic mass is 28.4. The molecule has 2 rings (SSSR count). The fourth-order valence-electron chi connectivity index (χ4n) is 2.21.